The second-order valence-electron chi connectivity index (χ2n) is 9.84. The van der Waals surface area contributed by atoms with Gasteiger partial charge in [-0.25, -0.2) is 9.69 Å². The summed E-state index contributed by atoms with van der Waals surface area (Å²) in [6.45, 7) is 4.28. The first-order chi connectivity index (χ1) is 18.3. The minimum Gasteiger partial charge on any atom is -0.497 e. The van der Waals surface area contributed by atoms with E-state index in [-0.39, 0.29) is 17.8 Å². The van der Waals surface area contributed by atoms with Gasteiger partial charge in [0.25, 0.3) is 11.8 Å². The number of nitrogens with one attached hydrogen (secondary N) is 2. The molecule has 6 rings (SSSR count). The monoisotopic (exact) mass is 508 g/mol. The minimum atomic E-state index is -1.16. The molecule has 0 radical (unpaired) electrons. The number of aryl methyl sites for hydroxylation is 1. The van der Waals surface area contributed by atoms with Crippen molar-refractivity contribution in [2.75, 3.05) is 23.9 Å². The number of H-pyrrole nitrogens is 1. The van der Waals surface area contributed by atoms with E-state index in [1.807, 2.05) is 42.5 Å². The molecule has 8 nitrogen and oxygen atoms in total. The maximum atomic E-state index is 13.9. The molecule has 1 saturated heterocycles. The quantitative estimate of drug-likeness (QED) is 0.361. The average molecular weight is 509 g/mol. The SMILES string of the molecule is CCc1cccc(NC(=O)c2ccc(N3C(=O)N4CCc5c([nH]c6ccc(OC)cc56)C4(C)C3=O)cc2)c1. The molecular formula is C30H28N4O4. The van der Waals surface area contributed by atoms with Gasteiger partial charge in [0.1, 0.15) is 5.75 Å². The first kappa shape index (κ1) is 23.8. The van der Waals surface area contributed by atoms with Crippen LogP contribution in [0.4, 0.5) is 16.2 Å². The Hall–Kier alpha value is -4.59. The minimum absolute atomic E-state index is 0.258. The predicted molar refractivity (Wildman–Crippen MR) is 146 cm³/mol. The highest BCUT2D eigenvalue weighted by Gasteiger charge is 2.59. The summed E-state index contributed by atoms with van der Waals surface area (Å²) in [5.74, 6) is 0.159. The van der Waals surface area contributed by atoms with Crippen LogP contribution < -0.4 is 15.0 Å². The number of carbonyl (C=O) groups excluding carboxylic acids is 3. The van der Waals surface area contributed by atoms with Crippen molar-refractivity contribution in [2.24, 2.45) is 0 Å². The zero-order chi connectivity index (χ0) is 26.6. The molecule has 2 aliphatic heterocycles. The topological polar surface area (TPSA) is 94.7 Å². The summed E-state index contributed by atoms with van der Waals surface area (Å²) >= 11 is 0. The second-order valence-corrected chi connectivity index (χ2v) is 9.84. The van der Waals surface area contributed by atoms with Crippen LogP contribution in [0.1, 0.15) is 41.0 Å². The van der Waals surface area contributed by atoms with E-state index in [9.17, 15) is 14.4 Å². The molecule has 1 aromatic heterocycles. The van der Waals surface area contributed by atoms with E-state index in [2.05, 4.69) is 17.2 Å². The number of nitrogens with zero attached hydrogens (tertiary/aromatic N) is 2. The average Bonchev–Trinajstić information content (AvgIpc) is 3.41. The summed E-state index contributed by atoms with van der Waals surface area (Å²) < 4.78 is 5.40. The molecule has 4 amide bonds. The smallest absolute Gasteiger partial charge is 0.332 e. The molecule has 3 heterocycles. The Kier molecular flexibility index (Phi) is 5.48. The number of amides is 4. The van der Waals surface area contributed by atoms with Crippen molar-refractivity contribution >= 4 is 40.1 Å². The first-order valence-electron chi connectivity index (χ1n) is 12.7. The number of methoxy groups -OCH3 is 1. The number of hydrogen-bond donors (Lipinski definition) is 2. The fraction of sp³-hybridized carbons (Fsp3) is 0.233. The number of ether oxygens (including phenoxy) is 1. The molecule has 2 N–H and O–H groups in total. The van der Waals surface area contributed by atoms with Gasteiger partial charge in [-0.15, -0.1) is 0 Å². The van der Waals surface area contributed by atoms with E-state index in [0.717, 1.165) is 45.6 Å². The van der Waals surface area contributed by atoms with E-state index < -0.39 is 5.54 Å². The van der Waals surface area contributed by atoms with E-state index >= 15 is 0 Å². The lowest BCUT2D eigenvalue weighted by atomic mass is 9.87. The van der Waals surface area contributed by atoms with Crippen molar-refractivity contribution in [3.8, 4) is 5.75 Å². The van der Waals surface area contributed by atoms with Crippen molar-refractivity contribution in [2.45, 2.75) is 32.2 Å². The number of fused-ring (bicyclic) bond motifs is 5. The van der Waals surface area contributed by atoms with Gasteiger partial charge in [-0.05, 0) is 85.5 Å². The van der Waals surface area contributed by atoms with Crippen molar-refractivity contribution in [1.29, 1.82) is 0 Å². The maximum Gasteiger partial charge on any atom is 0.332 e. The Labute approximate surface area is 220 Å². The molecule has 1 fully saturated rings. The Balaban J connectivity index is 1.29. The number of aromatic nitrogens is 1. The third-order valence-corrected chi connectivity index (χ3v) is 7.75. The Morgan fingerprint density at radius 2 is 1.87 bits per heavy atom. The summed E-state index contributed by atoms with van der Waals surface area (Å²) in [6, 6.07) is 19.7. The van der Waals surface area contributed by atoms with Gasteiger partial charge in [0, 0.05) is 28.7 Å². The lowest BCUT2D eigenvalue weighted by molar-refractivity contribution is -0.125. The van der Waals surface area contributed by atoms with E-state index in [0.29, 0.717) is 24.2 Å². The molecular weight excluding hydrogens is 480 g/mol. The summed E-state index contributed by atoms with van der Waals surface area (Å²) in [6.07, 6.45) is 1.50. The number of rotatable bonds is 5. The van der Waals surface area contributed by atoms with Crippen molar-refractivity contribution < 1.29 is 19.1 Å². The second kappa shape index (κ2) is 8.76. The third kappa shape index (κ3) is 3.48. The van der Waals surface area contributed by atoms with E-state index in [1.165, 1.54) is 4.90 Å². The molecule has 8 heteroatoms. The van der Waals surface area contributed by atoms with E-state index in [4.69, 9.17) is 4.74 Å². The molecule has 0 saturated carbocycles. The number of benzene rings is 3. The molecule has 0 bridgehead atoms. The van der Waals surface area contributed by atoms with Crippen LogP contribution in [-0.2, 0) is 23.2 Å². The number of hydrogen-bond acceptors (Lipinski definition) is 4. The zero-order valence-electron chi connectivity index (χ0n) is 21.5. The van der Waals surface area contributed by atoms with Gasteiger partial charge in [0.2, 0.25) is 0 Å². The Morgan fingerprint density at radius 1 is 1.08 bits per heavy atom. The zero-order valence-corrected chi connectivity index (χ0v) is 21.5. The molecule has 0 spiro atoms. The van der Waals surface area contributed by atoms with E-state index in [1.54, 1.807) is 43.2 Å². The van der Waals surface area contributed by atoms with Crippen LogP contribution in [0.3, 0.4) is 0 Å². The molecule has 38 heavy (non-hydrogen) atoms. The van der Waals surface area contributed by atoms with Gasteiger partial charge >= 0.3 is 6.03 Å². The number of urea groups is 1. The van der Waals surface area contributed by atoms with Gasteiger partial charge in [-0.2, -0.15) is 0 Å². The summed E-state index contributed by atoms with van der Waals surface area (Å²) in [5.41, 5.74) is 4.23. The van der Waals surface area contributed by atoms with Gasteiger partial charge in [0.05, 0.1) is 18.5 Å². The largest absolute Gasteiger partial charge is 0.497 e. The van der Waals surface area contributed by atoms with Crippen molar-refractivity contribution in [3.05, 3.63) is 89.1 Å². The van der Waals surface area contributed by atoms with Crippen LogP contribution in [0.5, 0.6) is 5.75 Å². The highest BCUT2D eigenvalue weighted by Crippen LogP contribution is 2.45. The third-order valence-electron chi connectivity index (χ3n) is 7.75. The maximum absolute atomic E-state index is 13.9. The van der Waals surface area contributed by atoms with Crippen LogP contribution in [0, 0.1) is 0 Å². The van der Waals surface area contributed by atoms with Crippen LogP contribution in [-0.4, -0.2) is 41.4 Å². The highest BCUT2D eigenvalue weighted by molar-refractivity contribution is 6.23. The van der Waals surface area contributed by atoms with Crippen LogP contribution in [0.2, 0.25) is 0 Å². The summed E-state index contributed by atoms with van der Waals surface area (Å²) in [5, 5.41) is 3.91. The molecule has 0 aliphatic carbocycles. The van der Waals surface area contributed by atoms with Gasteiger partial charge in [0.15, 0.2) is 5.54 Å². The molecule has 4 aromatic rings. The van der Waals surface area contributed by atoms with Crippen molar-refractivity contribution in [1.82, 2.24) is 9.88 Å². The summed E-state index contributed by atoms with van der Waals surface area (Å²) in [4.78, 5) is 46.5. The normalized spacial score (nSPS) is 18.5. The summed E-state index contributed by atoms with van der Waals surface area (Å²) in [7, 11) is 1.62. The molecule has 1 atom stereocenters. The molecule has 2 aliphatic rings. The fourth-order valence-corrected chi connectivity index (χ4v) is 5.61. The number of anilines is 2. The van der Waals surface area contributed by atoms with Crippen LogP contribution >= 0.6 is 0 Å². The fourth-order valence-electron chi connectivity index (χ4n) is 5.61. The molecule has 3 aromatic carbocycles. The first-order valence-corrected chi connectivity index (χ1v) is 12.7. The van der Waals surface area contributed by atoms with Crippen molar-refractivity contribution in [3.63, 3.8) is 0 Å². The lowest BCUT2D eigenvalue weighted by Crippen LogP contribution is -2.49. The van der Waals surface area contributed by atoms with Gasteiger partial charge in [-0.3, -0.25) is 9.59 Å². The van der Waals surface area contributed by atoms with Crippen LogP contribution in [0.15, 0.2) is 66.7 Å². The van der Waals surface area contributed by atoms with Gasteiger partial charge in [-0.1, -0.05) is 19.1 Å². The number of aromatic amines is 1. The van der Waals surface area contributed by atoms with Crippen LogP contribution in [0.25, 0.3) is 10.9 Å². The predicted octanol–water partition coefficient (Wildman–Crippen LogP) is 5.23. The Bertz CT molecular complexity index is 1610. The lowest BCUT2D eigenvalue weighted by Gasteiger charge is -2.35. The number of carbonyl (C=O) groups is 3. The Morgan fingerprint density at radius 3 is 2.61 bits per heavy atom. The number of imide groups is 1. The molecule has 1 unspecified atom stereocenters. The highest BCUT2D eigenvalue weighted by atomic mass is 16.5. The standard InChI is InChI=1S/C30H28N4O4/c1-4-18-6-5-7-20(16-18)31-27(35)19-8-10-21(11-9-19)34-28(36)30(2)26-23(14-15-33(30)29(34)37)24-17-22(38-3)12-13-25(24)32-26/h5-13,16-17,32H,4,14-15H2,1-3H3,(H,31,35). The molecule has 192 valence electrons. The van der Waals surface area contributed by atoms with Gasteiger partial charge < -0.3 is 19.9 Å².